The van der Waals surface area contributed by atoms with Gasteiger partial charge in [0.1, 0.15) is 5.69 Å². The molecule has 3 aromatic rings. The monoisotopic (exact) mass is 335 g/mol. The average Bonchev–Trinajstić information content (AvgIpc) is 3.17. The van der Waals surface area contributed by atoms with E-state index in [4.69, 9.17) is 0 Å². The van der Waals surface area contributed by atoms with Crippen LogP contribution in [0.3, 0.4) is 0 Å². The third-order valence-corrected chi connectivity index (χ3v) is 4.64. The van der Waals surface area contributed by atoms with E-state index in [9.17, 15) is 4.79 Å². The third-order valence-electron chi connectivity index (χ3n) is 4.64. The third kappa shape index (κ3) is 3.39. The van der Waals surface area contributed by atoms with E-state index in [1.165, 1.54) is 0 Å². The molecular weight excluding hydrogens is 314 g/mol. The Morgan fingerprint density at radius 1 is 1.28 bits per heavy atom. The smallest absolute Gasteiger partial charge is 0.272 e. The number of nitrogens with one attached hydrogen (secondary N) is 2. The number of carbonyl (C=O) groups excluding carboxylic acids is 1. The summed E-state index contributed by atoms with van der Waals surface area (Å²) in [6.07, 6.45) is 5.90. The molecule has 1 aliphatic rings. The van der Waals surface area contributed by atoms with Gasteiger partial charge < -0.3 is 10.6 Å². The molecule has 1 fully saturated rings. The van der Waals surface area contributed by atoms with Crippen LogP contribution in [-0.4, -0.2) is 33.8 Å². The zero-order valence-corrected chi connectivity index (χ0v) is 14.0. The summed E-state index contributed by atoms with van der Waals surface area (Å²) in [5.74, 6) is -0.157. The molecule has 3 heterocycles. The maximum atomic E-state index is 12.4. The SMILES string of the molecule is O=C(NCc1cccc2cccnc12)c1ccn(C2CCCNC2)n1. The normalized spacial score (nSPS) is 17.5. The first-order chi connectivity index (χ1) is 12.3. The van der Waals surface area contributed by atoms with Crippen molar-refractivity contribution in [1.29, 1.82) is 0 Å². The van der Waals surface area contributed by atoms with Crippen LogP contribution in [0, 0.1) is 0 Å². The van der Waals surface area contributed by atoms with E-state index in [-0.39, 0.29) is 5.91 Å². The van der Waals surface area contributed by atoms with Gasteiger partial charge in [-0.3, -0.25) is 14.5 Å². The predicted molar refractivity (Wildman–Crippen MR) is 96.3 cm³/mol. The number of rotatable bonds is 4. The zero-order valence-electron chi connectivity index (χ0n) is 14.0. The molecule has 0 bridgehead atoms. The molecule has 0 aliphatic carbocycles. The molecule has 0 radical (unpaired) electrons. The van der Waals surface area contributed by atoms with Crippen molar-refractivity contribution in [3.63, 3.8) is 0 Å². The molecule has 25 heavy (non-hydrogen) atoms. The first-order valence-corrected chi connectivity index (χ1v) is 8.68. The molecule has 1 atom stereocenters. The van der Waals surface area contributed by atoms with Crippen molar-refractivity contribution in [2.24, 2.45) is 0 Å². The number of amides is 1. The minimum Gasteiger partial charge on any atom is -0.346 e. The van der Waals surface area contributed by atoms with Gasteiger partial charge in [-0.05, 0) is 37.1 Å². The van der Waals surface area contributed by atoms with Crippen LogP contribution in [-0.2, 0) is 6.54 Å². The second kappa shape index (κ2) is 7.03. The lowest BCUT2D eigenvalue weighted by molar-refractivity contribution is 0.0944. The van der Waals surface area contributed by atoms with E-state index < -0.39 is 0 Å². The summed E-state index contributed by atoms with van der Waals surface area (Å²) in [4.78, 5) is 16.8. The van der Waals surface area contributed by atoms with Gasteiger partial charge in [0.2, 0.25) is 0 Å². The van der Waals surface area contributed by atoms with Crippen molar-refractivity contribution in [3.8, 4) is 0 Å². The Labute approximate surface area is 146 Å². The highest BCUT2D eigenvalue weighted by molar-refractivity contribution is 5.92. The Morgan fingerprint density at radius 3 is 3.08 bits per heavy atom. The van der Waals surface area contributed by atoms with Gasteiger partial charge in [0, 0.05) is 30.9 Å². The molecule has 0 saturated carbocycles. The second-order valence-electron chi connectivity index (χ2n) is 6.36. The molecule has 2 N–H and O–H groups in total. The number of piperidine rings is 1. The Balaban J connectivity index is 1.44. The first-order valence-electron chi connectivity index (χ1n) is 8.68. The summed E-state index contributed by atoms with van der Waals surface area (Å²) in [6.45, 7) is 2.40. The molecule has 2 aromatic heterocycles. The van der Waals surface area contributed by atoms with Crippen LogP contribution in [0.4, 0.5) is 0 Å². The lowest BCUT2D eigenvalue weighted by Crippen LogP contribution is -2.32. The fourth-order valence-corrected chi connectivity index (χ4v) is 3.30. The van der Waals surface area contributed by atoms with Crippen molar-refractivity contribution in [2.75, 3.05) is 13.1 Å². The van der Waals surface area contributed by atoms with E-state index in [2.05, 4.69) is 20.7 Å². The second-order valence-corrected chi connectivity index (χ2v) is 6.36. The number of hydrogen-bond acceptors (Lipinski definition) is 4. The number of hydrogen-bond donors (Lipinski definition) is 2. The van der Waals surface area contributed by atoms with Gasteiger partial charge in [0.05, 0.1) is 11.6 Å². The maximum Gasteiger partial charge on any atom is 0.272 e. The van der Waals surface area contributed by atoms with Crippen LogP contribution in [0.1, 0.15) is 34.9 Å². The topological polar surface area (TPSA) is 71.8 Å². The number of benzene rings is 1. The minimum atomic E-state index is -0.157. The molecule has 1 amide bonds. The maximum absolute atomic E-state index is 12.4. The van der Waals surface area contributed by atoms with E-state index in [0.29, 0.717) is 18.3 Å². The number of aromatic nitrogens is 3. The van der Waals surface area contributed by atoms with Crippen LogP contribution in [0.2, 0.25) is 0 Å². The van der Waals surface area contributed by atoms with Crippen molar-refractivity contribution in [2.45, 2.75) is 25.4 Å². The summed E-state index contributed by atoms with van der Waals surface area (Å²) < 4.78 is 1.90. The number of nitrogens with zero attached hydrogens (tertiary/aromatic N) is 3. The van der Waals surface area contributed by atoms with Crippen LogP contribution in [0.5, 0.6) is 0 Å². The van der Waals surface area contributed by atoms with Crippen molar-refractivity contribution < 1.29 is 4.79 Å². The summed E-state index contributed by atoms with van der Waals surface area (Å²) in [5, 5.41) is 11.9. The highest BCUT2D eigenvalue weighted by Crippen LogP contribution is 2.17. The molecule has 0 spiro atoms. The number of pyridine rings is 1. The summed E-state index contributed by atoms with van der Waals surface area (Å²) in [6, 6.07) is 12.0. The molecule has 1 saturated heterocycles. The summed E-state index contributed by atoms with van der Waals surface area (Å²) >= 11 is 0. The van der Waals surface area contributed by atoms with Gasteiger partial charge >= 0.3 is 0 Å². The predicted octanol–water partition coefficient (Wildman–Crippen LogP) is 2.29. The zero-order chi connectivity index (χ0) is 17.1. The van der Waals surface area contributed by atoms with Crippen molar-refractivity contribution in [1.82, 2.24) is 25.4 Å². The summed E-state index contributed by atoms with van der Waals surface area (Å²) in [7, 11) is 0. The Kier molecular flexibility index (Phi) is 4.43. The first kappa shape index (κ1) is 15.8. The van der Waals surface area contributed by atoms with Gasteiger partial charge in [-0.25, -0.2) is 0 Å². The van der Waals surface area contributed by atoms with Gasteiger partial charge in [0.15, 0.2) is 0 Å². The van der Waals surface area contributed by atoms with Crippen LogP contribution in [0.25, 0.3) is 10.9 Å². The van der Waals surface area contributed by atoms with E-state index in [0.717, 1.165) is 42.4 Å². The molecule has 128 valence electrons. The van der Waals surface area contributed by atoms with Gasteiger partial charge in [-0.15, -0.1) is 0 Å². The number of para-hydroxylation sites is 1. The van der Waals surface area contributed by atoms with Gasteiger partial charge in [0.25, 0.3) is 5.91 Å². The highest BCUT2D eigenvalue weighted by Gasteiger charge is 2.17. The molecule has 4 rings (SSSR count). The van der Waals surface area contributed by atoms with Crippen LogP contribution < -0.4 is 10.6 Å². The molecule has 1 unspecified atom stereocenters. The Hall–Kier alpha value is -2.73. The van der Waals surface area contributed by atoms with Gasteiger partial charge in [-0.1, -0.05) is 24.3 Å². The quantitative estimate of drug-likeness (QED) is 0.767. The lowest BCUT2D eigenvalue weighted by Gasteiger charge is -2.22. The molecule has 6 nitrogen and oxygen atoms in total. The van der Waals surface area contributed by atoms with E-state index in [1.54, 1.807) is 12.3 Å². The van der Waals surface area contributed by atoms with E-state index in [1.807, 2.05) is 41.2 Å². The van der Waals surface area contributed by atoms with Crippen LogP contribution in [0.15, 0.2) is 48.8 Å². The molecule has 6 heteroatoms. The summed E-state index contributed by atoms with van der Waals surface area (Å²) in [5.41, 5.74) is 2.38. The van der Waals surface area contributed by atoms with Crippen molar-refractivity contribution in [3.05, 3.63) is 60.0 Å². The Bertz CT molecular complexity index is 877. The van der Waals surface area contributed by atoms with E-state index >= 15 is 0 Å². The number of carbonyl (C=O) groups is 1. The van der Waals surface area contributed by atoms with Gasteiger partial charge in [-0.2, -0.15) is 5.10 Å². The van der Waals surface area contributed by atoms with Crippen molar-refractivity contribution >= 4 is 16.8 Å². The lowest BCUT2D eigenvalue weighted by atomic mass is 10.1. The Morgan fingerprint density at radius 2 is 2.20 bits per heavy atom. The molecule has 1 aliphatic heterocycles. The average molecular weight is 335 g/mol. The molecule has 1 aromatic carbocycles. The fourth-order valence-electron chi connectivity index (χ4n) is 3.30. The minimum absolute atomic E-state index is 0.157. The van der Waals surface area contributed by atoms with Crippen LogP contribution >= 0.6 is 0 Å². The number of fused-ring (bicyclic) bond motifs is 1. The molecular formula is C19H21N5O. The standard InChI is InChI=1S/C19H21N5O/c25-19(17-8-11-24(23-17)16-7-3-9-20-13-16)22-12-15-5-1-4-14-6-2-10-21-18(14)15/h1-2,4-6,8,10-11,16,20H,3,7,9,12-13H2,(H,22,25). The fraction of sp³-hybridized carbons (Fsp3) is 0.316. The highest BCUT2D eigenvalue weighted by atomic mass is 16.1. The largest absolute Gasteiger partial charge is 0.346 e.